The van der Waals surface area contributed by atoms with Crippen molar-refractivity contribution in [3.8, 4) is 0 Å². The number of halogens is 8. The lowest BCUT2D eigenvalue weighted by Gasteiger charge is -2.27. The fourth-order valence-electron chi connectivity index (χ4n) is 1.84. The molecular formula is C14H10F8N2O2S. The van der Waals surface area contributed by atoms with Gasteiger partial charge in [-0.25, -0.2) is 14.2 Å². The van der Waals surface area contributed by atoms with E-state index in [0.717, 1.165) is 17.4 Å². The van der Waals surface area contributed by atoms with Gasteiger partial charge in [-0.3, -0.25) is 0 Å². The molecule has 0 unspecified atom stereocenters. The molecule has 2 rings (SSSR count). The molecule has 1 heterocycles. The second-order valence-electron chi connectivity index (χ2n) is 5.38. The van der Waals surface area contributed by atoms with Gasteiger partial charge in [-0.1, -0.05) is 0 Å². The highest BCUT2D eigenvalue weighted by Crippen LogP contribution is 2.46. The summed E-state index contributed by atoms with van der Waals surface area (Å²) in [5.74, 6) is -12.6. The van der Waals surface area contributed by atoms with Gasteiger partial charge in [0, 0.05) is 0 Å². The van der Waals surface area contributed by atoms with E-state index in [2.05, 4.69) is 9.72 Å². The van der Waals surface area contributed by atoms with E-state index in [-0.39, 0.29) is 5.01 Å². The van der Waals surface area contributed by atoms with Crippen LogP contribution in [0.25, 0.3) is 10.2 Å². The molecule has 1 aromatic heterocycles. The van der Waals surface area contributed by atoms with Crippen molar-refractivity contribution in [2.24, 2.45) is 0 Å². The molecule has 13 heteroatoms. The highest BCUT2D eigenvalue weighted by molar-refractivity contribution is 7.18. The minimum Gasteiger partial charge on any atom is -0.443 e. The minimum absolute atomic E-state index is 0.208. The summed E-state index contributed by atoms with van der Waals surface area (Å²) in [6, 6.07) is 2.70. The maximum Gasteiger partial charge on any atom is 0.460 e. The molecule has 0 radical (unpaired) electrons. The first-order chi connectivity index (χ1) is 12.2. The Morgan fingerprint density at radius 3 is 2.44 bits per heavy atom. The second kappa shape index (κ2) is 7.09. The van der Waals surface area contributed by atoms with Crippen molar-refractivity contribution in [2.75, 3.05) is 6.61 Å². The number of thiazole rings is 1. The van der Waals surface area contributed by atoms with Crippen molar-refractivity contribution in [1.82, 2.24) is 10.3 Å². The average molecular weight is 422 g/mol. The fraction of sp³-hybridized carbons (Fsp3) is 0.429. The number of nitrogens with one attached hydrogen (secondary N) is 1. The highest BCUT2D eigenvalue weighted by Gasteiger charge is 2.73. The van der Waals surface area contributed by atoms with Gasteiger partial charge < -0.3 is 10.1 Å². The van der Waals surface area contributed by atoms with Gasteiger partial charge in [0.2, 0.25) is 0 Å². The first-order valence-corrected chi connectivity index (χ1v) is 7.88. The summed E-state index contributed by atoms with van der Waals surface area (Å²) in [4.78, 5) is 15.5. The van der Waals surface area contributed by atoms with E-state index in [1.165, 1.54) is 19.1 Å². The van der Waals surface area contributed by atoms with Gasteiger partial charge in [-0.15, -0.1) is 11.3 Å². The quantitative estimate of drug-likeness (QED) is 0.686. The molecule has 0 spiro atoms. The summed E-state index contributed by atoms with van der Waals surface area (Å²) in [6.45, 7) is -1.15. The van der Waals surface area contributed by atoms with Crippen LogP contribution in [0.4, 0.5) is 39.9 Å². The number of alkyl halides is 7. The maximum absolute atomic E-state index is 13.1. The summed E-state index contributed by atoms with van der Waals surface area (Å²) in [6.07, 6.45) is -8.16. The number of hydrogen-bond donors (Lipinski definition) is 1. The predicted molar refractivity (Wildman–Crippen MR) is 78.4 cm³/mol. The zero-order valence-electron chi connectivity index (χ0n) is 13.2. The van der Waals surface area contributed by atoms with E-state index in [1.807, 2.05) is 5.32 Å². The monoisotopic (exact) mass is 422 g/mol. The van der Waals surface area contributed by atoms with Gasteiger partial charge in [-0.2, -0.15) is 30.7 Å². The number of aromatic nitrogens is 1. The van der Waals surface area contributed by atoms with Crippen molar-refractivity contribution in [3.05, 3.63) is 29.0 Å². The van der Waals surface area contributed by atoms with Crippen LogP contribution < -0.4 is 5.32 Å². The Hall–Kier alpha value is -2.18. The lowest BCUT2D eigenvalue weighted by atomic mass is 10.2. The number of amides is 1. The summed E-state index contributed by atoms with van der Waals surface area (Å²) < 4.78 is 105. The number of carbonyl (C=O) groups excluding carboxylic acids is 1. The van der Waals surface area contributed by atoms with Crippen LogP contribution in [0.15, 0.2) is 18.2 Å². The lowest BCUT2D eigenvalue weighted by molar-refractivity contribution is -0.359. The normalized spacial score (nSPS) is 14.3. The molecule has 1 atom stereocenters. The van der Waals surface area contributed by atoms with Gasteiger partial charge in [0.25, 0.3) is 0 Å². The van der Waals surface area contributed by atoms with Gasteiger partial charge in [0.1, 0.15) is 10.8 Å². The molecule has 2 aromatic rings. The van der Waals surface area contributed by atoms with Crippen LogP contribution >= 0.6 is 11.3 Å². The minimum atomic E-state index is -6.51. The Bertz CT molecular complexity index is 836. The Kier molecular flexibility index (Phi) is 5.55. The van der Waals surface area contributed by atoms with Crippen molar-refractivity contribution >= 4 is 27.6 Å². The largest absolute Gasteiger partial charge is 0.460 e. The van der Waals surface area contributed by atoms with Crippen LogP contribution in [-0.2, 0) is 4.74 Å². The number of fused-ring (bicyclic) bond motifs is 1. The van der Waals surface area contributed by atoms with E-state index in [9.17, 15) is 39.9 Å². The fourth-order valence-corrected chi connectivity index (χ4v) is 2.83. The first kappa shape index (κ1) is 21.1. The molecule has 27 heavy (non-hydrogen) atoms. The number of benzene rings is 1. The van der Waals surface area contributed by atoms with E-state index in [4.69, 9.17) is 0 Å². The zero-order chi connectivity index (χ0) is 20.6. The molecule has 4 nitrogen and oxygen atoms in total. The molecule has 1 N–H and O–H groups in total. The van der Waals surface area contributed by atoms with Crippen LogP contribution in [0.5, 0.6) is 0 Å². The molecule has 0 aliphatic heterocycles. The number of hydrogen-bond acceptors (Lipinski definition) is 4. The lowest BCUT2D eigenvalue weighted by Crippen LogP contribution is -2.54. The van der Waals surface area contributed by atoms with Crippen molar-refractivity contribution in [1.29, 1.82) is 0 Å². The van der Waals surface area contributed by atoms with Crippen LogP contribution in [-0.4, -0.2) is 35.7 Å². The third-order valence-electron chi connectivity index (χ3n) is 3.27. The molecule has 0 aliphatic carbocycles. The van der Waals surface area contributed by atoms with Crippen molar-refractivity contribution in [2.45, 2.75) is 31.0 Å². The molecule has 1 amide bonds. The average Bonchev–Trinajstić information content (AvgIpc) is 2.95. The Labute approximate surface area is 150 Å². The van der Waals surface area contributed by atoms with E-state index in [0.29, 0.717) is 10.2 Å². The number of rotatable bonds is 5. The predicted octanol–water partition coefficient (Wildman–Crippen LogP) is 5.06. The van der Waals surface area contributed by atoms with Crippen LogP contribution in [0.1, 0.15) is 18.0 Å². The van der Waals surface area contributed by atoms with Gasteiger partial charge in [0.05, 0.1) is 16.3 Å². The zero-order valence-corrected chi connectivity index (χ0v) is 14.0. The molecule has 0 saturated carbocycles. The number of ether oxygens (including phenoxy) is 1. The molecule has 1 aromatic carbocycles. The Morgan fingerprint density at radius 2 is 1.85 bits per heavy atom. The van der Waals surface area contributed by atoms with E-state index in [1.54, 1.807) is 0 Å². The molecule has 150 valence electrons. The number of carbonyl (C=O) groups is 1. The second-order valence-corrected chi connectivity index (χ2v) is 6.45. The maximum atomic E-state index is 13.1. The first-order valence-electron chi connectivity index (χ1n) is 7.06. The van der Waals surface area contributed by atoms with Crippen LogP contribution in [0.2, 0.25) is 0 Å². The molecular weight excluding hydrogens is 412 g/mol. The topological polar surface area (TPSA) is 51.2 Å². The summed E-state index contributed by atoms with van der Waals surface area (Å²) in [5.41, 5.74) is 0.384. The smallest absolute Gasteiger partial charge is 0.443 e. The summed E-state index contributed by atoms with van der Waals surface area (Å²) >= 11 is 0.954. The number of alkyl carbamates (subject to hydrolysis) is 1. The molecule has 0 bridgehead atoms. The van der Waals surface area contributed by atoms with Crippen LogP contribution in [0, 0.1) is 5.82 Å². The molecule has 0 saturated heterocycles. The van der Waals surface area contributed by atoms with Gasteiger partial charge >= 0.3 is 24.1 Å². The standard InChI is InChI=1S/C14H10F8N2O2S/c1-6(10-24-8-3-2-7(15)4-9(8)27-10)23-11(25)26-5-12(16,17)13(18,19)14(20,21)22/h2-4,6H,5H2,1H3,(H,23,25)/t6-/m1/s1. The third-order valence-corrected chi connectivity index (χ3v) is 4.47. The molecule has 0 fully saturated rings. The molecule has 0 aliphatic rings. The number of nitrogens with zero attached hydrogens (tertiary/aromatic N) is 1. The van der Waals surface area contributed by atoms with E-state index >= 15 is 0 Å². The Morgan fingerprint density at radius 1 is 1.22 bits per heavy atom. The highest BCUT2D eigenvalue weighted by atomic mass is 32.1. The van der Waals surface area contributed by atoms with Gasteiger partial charge in [-0.05, 0) is 25.1 Å². The van der Waals surface area contributed by atoms with Crippen molar-refractivity contribution in [3.63, 3.8) is 0 Å². The third kappa shape index (κ3) is 4.39. The van der Waals surface area contributed by atoms with Crippen LogP contribution in [0.3, 0.4) is 0 Å². The van der Waals surface area contributed by atoms with E-state index < -0.39 is 42.6 Å². The van der Waals surface area contributed by atoms with Gasteiger partial charge in [0.15, 0.2) is 6.61 Å². The Balaban J connectivity index is 2.00. The summed E-state index contributed by atoms with van der Waals surface area (Å²) in [7, 11) is 0. The van der Waals surface area contributed by atoms with Crippen molar-refractivity contribution < 1.29 is 44.7 Å². The SMILES string of the molecule is C[C@@H](NC(=O)OCC(F)(F)C(F)(F)C(F)(F)F)c1nc2ccc(F)cc2s1. The summed E-state index contributed by atoms with van der Waals surface area (Å²) in [5, 5.41) is 2.18.